The first-order chi connectivity index (χ1) is 30.7. The Hall–Kier alpha value is -6.16. The van der Waals surface area contributed by atoms with Gasteiger partial charge in [0.1, 0.15) is 0 Å². The smallest absolute Gasteiger partial charge is 0.0979 e. The van der Waals surface area contributed by atoms with Gasteiger partial charge in [-0.3, -0.25) is 4.98 Å². The van der Waals surface area contributed by atoms with E-state index in [4.69, 9.17) is 9.97 Å². The van der Waals surface area contributed by atoms with Crippen LogP contribution in [0.15, 0.2) is 158 Å². The zero-order chi connectivity index (χ0) is 41.6. The van der Waals surface area contributed by atoms with E-state index in [1.54, 1.807) is 11.1 Å². The zero-order valence-corrected chi connectivity index (χ0v) is 36.7. The number of aromatic nitrogens is 2. The Balaban J connectivity index is 1.01. The minimum atomic E-state index is 0.0615. The van der Waals surface area contributed by atoms with E-state index in [0.29, 0.717) is 0 Å². The van der Waals surface area contributed by atoms with E-state index >= 15 is 0 Å². The molecule has 62 heavy (non-hydrogen) atoms. The summed E-state index contributed by atoms with van der Waals surface area (Å²) in [7, 11) is 0. The van der Waals surface area contributed by atoms with Crippen molar-refractivity contribution in [3.8, 4) is 44.6 Å². The Morgan fingerprint density at radius 2 is 0.952 bits per heavy atom. The highest BCUT2D eigenvalue weighted by Crippen LogP contribution is 2.55. The molecule has 0 saturated carbocycles. The van der Waals surface area contributed by atoms with E-state index in [2.05, 4.69) is 166 Å². The maximum atomic E-state index is 5.34. The quantitative estimate of drug-likeness (QED) is 0.0855. The van der Waals surface area contributed by atoms with Gasteiger partial charge in [-0.1, -0.05) is 205 Å². The van der Waals surface area contributed by atoms with Crippen molar-refractivity contribution in [2.45, 2.75) is 83.5 Å². The van der Waals surface area contributed by atoms with Crippen molar-refractivity contribution in [3.63, 3.8) is 0 Å². The van der Waals surface area contributed by atoms with Crippen LogP contribution in [-0.4, -0.2) is 9.97 Å². The predicted octanol–water partition coefficient (Wildman–Crippen LogP) is 17.5. The SMILES string of the molecule is CCCCCCC1(CCCCCC)c2ccccc2-c2ccc(-c3cccc4c3sc3c(-c5cccc(-c6cnc7c8ccccc8c8ccccc8c7n6)c5)cccc34)cc21. The summed E-state index contributed by atoms with van der Waals surface area (Å²) in [4.78, 5) is 10.4. The van der Waals surface area contributed by atoms with Gasteiger partial charge in [-0.15, -0.1) is 11.3 Å². The highest BCUT2D eigenvalue weighted by Gasteiger charge is 2.42. The average molecular weight is 821 g/mol. The number of hydrogen-bond donors (Lipinski definition) is 0. The van der Waals surface area contributed by atoms with Gasteiger partial charge in [0.25, 0.3) is 0 Å². The molecule has 0 unspecified atom stereocenters. The van der Waals surface area contributed by atoms with Crippen LogP contribution in [0.4, 0.5) is 0 Å². The molecule has 0 fully saturated rings. The number of nitrogens with zero attached hydrogens (tertiary/aromatic N) is 2. The first-order valence-corrected chi connectivity index (χ1v) is 23.8. The molecule has 2 heterocycles. The van der Waals surface area contributed by atoms with Crippen molar-refractivity contribution in [2.75, 3.05) is 0 Å². The summed E-state index contributed by atoms with van der Waals surface area (Å²) in [6.45, 7) is 4.65. The molecular weight excluding hydrogens is 769 g/mol. The summed E-state index contributed by atoms with van der Waals surface area (Å²) in [6.07, 6.45) is 14.7. The molecule has 1 aliphatic carbocycles. The predicted molar refractivity (Wildman–Crippen MR) is 267 cm³/mol. The van der Waals surface area contributed by atoms with E-state index in [1.807, 2.05) is 17.5 Å². The molecule has 0 N–H and O–H groups in total. The van der Waals surface area contributed by atoms with Crippen molar-refractivity contribution in [1.29, 1.82) is 0 Å². The molecule has 10 aromatic rings. The molecule has 0 spiro atoms. The summed E-state index contributed by atoms with van der Waals surface area (Å²) >= 11 is 1.94. The molecule has 0 bridgehead atoms. The van der Waals surface area contributed by atoms with Gasteiger partial charge in [0.05, 0.1) is 22.9 Å². The number of fused-ring (bicyclic) bond motifs is 12. The molecule has 11 rings (SSSR count). The van der Waals surface area contributed by atoms with Gasteiger partial charge < -0.3 is 0 Å². The lowest BCUT2D eigenvalue weighted by atomic mass is 9.70. The Labute approximate surface area is 369 Å². The van der Waals surface area contributed by atoms with Gasteiger partial charge >= 0.3 is 0 Å². The maximum Gasteiger partial charge on any atom is 0.0979 e. The lowest BCUT2D eigenvalue weighted by Crippen LogP contribution is -2.25. The van der Waals surface area contributed by atoms with Crippen LogP contribution in [-0.2, 0) is 5.41 Å². The fraction of sp³-hybridized carbons (Fsp3) is 0.220. The number of thiophene rings is 1. The van der Waals surface area contributed by atoms with Crippen LogP contribution < -0.4 is 0 Å². The summed E-state index contributed by atoms with van der Waals surface area (Å²) < 4.78 is 2.68. The van der Waals surface area contributed by atoms with Gasteiger partial charge in [-0.25, -0.2) is 4.98 Å². The Morgan fingerprint density at radius 3 is 1.63 bits per heavy atom. The van der Waals surface area contributed by atoms with Crippen molar-refractivity contribution >= 4 is 64.1 Å². The second-order valence-corrected chi connectivity index (χ2v) is 18.6. The second kappa shape index (κ2) is 16.3. The number of benzene rings is 8. The number of hydrogen-bond acceptors (Lipinski definition) is 3. The lowest BCUT2D eigenvalue weighted by Gasteiger charge is -2.33. The monoisotopic (exact) mass is 820 g/mol. The number of rotatable bonds is 13. The van der Waals surface area contributed by atoms with Gasteiger partial charge in [0, 0.05) is 41.9 Å². The lowest BCUT2D eigenvalue weighted by molar-refractivity contribution is 0.401. The largest absolute Gasteiger partial charge is 0.252 e. The van der Waals surface area contributed by atoms with Crippen molar-refractivity contribution < 1.29 is 0 Å². The van der Waals surface area contributed by atoms with E-state index < -0.39 is 0 Å². The fourth-order valence-corrected chi connectivity index (χ4v) is 12.2. The van der Waals surface area contributed by atoms with Crippen molar-refractivity contribution in [2.24, 2.45) is 0 Å². The number of unbranched alkanes of at least 4 members (excludes halogenated alkanes) is 6. The highest BCUT2D eigenvalue weighted by atomic mass is 32.1. The fourth-order valence-electron chi connectivity index (χ4n) is 10.9. The first kappa shape index (κ1) is 38.7. The first-order valence-electron chi connectivity index (χ1n) is 23.0. The third-order valence-corrected chi connectivity index (χ3v) is 15.2. The molecule has 1 aliphatic rings. The summed E-state index contributed by atoms with van der Waals surface area (Å²) in [5.74, 6) is 0. The third-order valence-electron chi connectivity index (χ3n) is 13.9. The summed E-state index contributed by atoms with van der Waals surface area (Å²) in [6, 6.07) is 56.6. The van der Waals surface area contributed by atoms with Gasteiger partial charge in [0.15, 0.2) is 0 Å². The van der Waals surface area contributed by atoms with Gasteiger partial charge in [0.2, 0.25) is 0 Å². The molecule has 2 aromatic heterocycles. The van der Waals surface area contributed by atoms with Crippen LogP contribution in [0.3, 0.4) is 0 Å². The molecule has 2 nitrogen and oxygen atoms in total. The van der Waals surface area contributed by atoms with E-state index in [1.165, 1.54) is 129 Å². The average Bonchev–Trinajstić information content (AvgIpc) is 3.85. The van der Waals surface area contributed by atoms with E-state index in [-0.39, 0.29) is 5.41 Å². The molecule has 3 heteroatoms. The van der Waals surface area contributed by atoms with Crippen LogP contribution in [0.1, 0.15) is 89.2 Å². The Kier molecular flexibility index (Phi) is 10.2. The van der Waals surface area contributed by atoms with Crippen molar-refractivity contribution in [1.82, 2.24) is 9.97 Å². The molecule has 0 radical (unpaired) electrons. The van der Waals surface area contributed by atoms with Crippen LogP contribution in [0.5, 0.6) is 0 Å². The summed E-state index contributed by atoms with van der Waals surface area (Å²) in [5.41, 5.74) is 15.0. The Bertz CT molecular complexity index is 3250. The normalized spacial score (nSPS) is 13.1. The van der Waals surface area contributed by atoms with Crippen LogP contribution in [0.25, 0.3) is 97.4 Å². The minimum absolute atomic E-state index is 0.0615. The molecule has 0 atom stereocenters. The molecular formula is C59H52N2S. The molecule has 0 aliphatic heterocycles. The zero-order valence-electron chi connectivity index (χ0n) is 35.9. The standard InChI is InChI=1S/C59H52N2S/c1-3-5-7-15-34-59(35-16-8-6-4-2)52-31-14-13-24-46(52)47-33-32-40(37-53(47)59)43-28-19-30-51-50-29-18-27-42(57(50)62-58(43)51)39-20-17-21-41(36-39)54-38-60-55-48-25-11-9-22-44(48)45-23-10-12-26-49(45)56(55)61-54/h9-14,17-33,36-38H,3-8,15-16,34-35H2,1-2H3. The summed E-state index contributed by atoms with van der Waals surface area (Å²) in [5, 5.41) is 7.34. The van der Waals surface area contributed by atoms with Crippen LogP contribution in [0, 0.1) is 0 Å². The topological polar surface area (TPSA) is 25.8 Å². The van der Waals surface area contributed by atoms with Gasteiger partial charge in [-0.05, 0) is 80.3 Å². The van der Waals surface area contributed by atoms with Crippen LogP contribution >= 0.6 is 11.3 Å². The highest BCUT2D eigenvalue weighted by molar-refractivity contribution is 7.26. The van der Waals surface area contributed by atoms with Crippen molar-refractivity contribution in [3.05, 3.63) is 169 Å². The second-order valence-electron chi connectivity index (χ2n) is 17.6. The maximum absolute atomic E-state index is 5.34. The molecule has 0 amide bonds. The minimum Gasteiger partial charge on any atom is -0.252 e. The van der Waals surface area contributed by atoms with E-state index in [0.717, 1.165) is 33.1 Å². The molecule has 304 valence electrons. The Morgan fingerprint density at radius 1 is 0.419 bits per heavy atom. The van der Waals surface area contributed by atoms with Gasteiger partial charge in [-0.2, -0.15) is 0 Å². The molecule has 0 saturated heterocycles. The van der Waals surface area contributed by atoms with E-state index in [9.17, 15) is 0 Å². The third kappa shape index (κ3) is 6.44. The van der Waals surface area contributed by atoms with Crippen LogP contribution in [0.2, 0.25) is 0 Å². The molecule has 8 aromatic carbocycles.